The smallest absolute Gasteiger partial charge is 0.240 e. The summed E-state index contributed by atoms with van der Waals surface area (Å²) in [7, 11) is 0. The SMILES string of the molecule is CCCc1nnc2n1N[C@H](c1ccc(F)cc1)[C@@H](C(=O)Nc1cc(C)ccc1C)S2. The van der Waals surface area contributed by atoms with Crippen LogP contribution >= 0.6 is 11.8 Å². The summed E-state index contributed by atoms with van der Waals surface area (Å²) in [6.07, 6.45) is 1.71. The average molecular weight is 426 g/mol. The summed E-state index contributed by atoms with van der Waals surface area (Å²) in [5, 5.41) is 11.7. The number of aryl methyl sites for hydroxylation is 3. The molecule has 1 aromatic heterocycles. The van der Waals surface area contributed by atoms with Gasteiger partial charge in [-0.3, -0.25) is 4.79 Å². The molecule has 0 unspecified atom stereocenters. The van der Waals surface area contributed by atoms with Crippen LogP contribution in [-0.4, -0.2) is 26.0 Å². The molecule has 0 radical (unpaired) electrons. The van der Waals surface area contributed by atoms with Crippen molar-refractivity contribution in [1.29, 1.82) is 0 Å². The highest BCUT2D eigenvalue weighted by Gasteiger charge is 2.37. The van der Waals surface area contributed by atoms with Gasteiger partial charge in [-0.05, 0) is 55.2 Å². The number of rotatable bonds is 5. The Kier molecular flexibility index (Phi) is 5.76. The number of thioether (sulfide) groups is 1. The Morgan fingerprint density at radius 2 is 1.97 bits per heavy atom. The molecule has 156 valence electrons. The zero-order chi connectivity index (χ0) is 21.3. The number of benzene rings is 2. The van der Waals surface area contributed by atoms with Crippen LogP contribution < -0.4 is 10.7 Å². The molecule has 6 nitrogen and oxygen atoms in total. The number of amides is 1. The Hall–Kier alpha value is -2.87. The topological polar surface area (TPSA) is 71.8 Å². The molecule has 3 aromatic rings. The van der Waals surface area contributed by atoms with E-state index in [1.54, 1.807) is 12.1 Å². The molecule has 0 spiro atoms. The molecule has 2 atom stereocenters. The van der Waals surface area contributed by atoms with Gasteiger partial charge in [-0.2, -0.15) is 0 Å². The third-order valence-electron chi connectivity index (χ3n) is 5.12. The van der Waals surface area contributed by atoms with E-state index in [1.165, 1.54) is 23.9 Å². The van der Waals surface area contributed by atoms with Gasteiger partial charge in [-0.25, -0.2) is 9.07 Å². The first-order valence-electron chi connectivity index (χ1n) is 9.97. The molecule has 8 heteroatoms. The summed E-state index contributed by atoms with van der Waals surface area (Å²) < 4.78 is 15.4. The van der Waals surface area contributed by atoms with Gasteiger partial charge in [0.2, 0.25) is 11.1 Å². The van der Waals surface area contributed by atoms with Crippen LogP contribution in [0.3, 0.4) is 0 Å². The number of fused-ring (bicyclic) bond motifs is 1. The van der Waals surface area contributed by atoms with E-state index in [0.29, 0.717) is 5.16 Å². The summed E-state index contributed by atoms with van der Waals surface area (Å²) in [5.74, 6) is 0.373. The first-order valence-corrected chi connectivity index (χ1v) is 10.9. The van der Waals surface area contributed by atoms with Crippen molar-refractivity contribution in [1.82, 2.24) is 14.9 Å². The monoisotopic (exact) mass is 425 g/mol. The number of nitrogens with one attached hydrogen (secondary N) is 2. The lowest BCUT2D eigenvalue weighted by molar-refractivity contribution is -0.116. The molecule has 0 saturated heterocycles. The molecule has 2 heterocycles. The highest BCUT2D eigenvalue weighted by molar-refractivity contribution is 8.00. The lowest BCUT2D eigenvalue weighted by Crippen LogP contribution is -2.41. The van der Waals surface area contributed by atoms with Crippen LogP contribution in [0, 0.1) is 19.7 Å². The molecule has 30 heavy (non-hydrogen) atoms. The quantitative estimate of drug-likeness (QED) is 0.635. The molecule has 1 aliphatic heterocycles. The minimum atomic E-state index is -0.499. The molecule has 0 aliphatic carbocycles. The summed E-state index contributed by atoms with van der Waals surface area (Å²) in [5.41, 5.74) is 7.08. The minimum Gasteiger partial charge on any atom is -0.325 e. The predicted molar refractivity (Wildman–Crippen MR) is 117 cm³/mol. The number of anilines is 1. The Bertz CT molecular complexity index is 1070. The van der Waals surface area contributed by atoms with Gasteiger partial charge >= 0.3 is 0 Å². The van der Waals surface area contributed by atoms with Gasteiger partial charge in [0.05, 0.1) is 6.04 Å². The fourth-order valence-electron chi connectivity index (χ4n) is 3.48. The summed E-state index contributed by atoms with van der Waals surface area (Å²) in [6.45, 7) is 6.03. The number of halogens is 1. The molecule has 0 bridgehead atoms. The predicted octanol–water partition coefficient (Wildman–Crippen LogP) is 4.38. The second-order valence-electron chi connectivity index (χ2n) is 7.49. The highest BCUT2D eigenvalue weighted by atomic mass is 32.2. The van der Waals surface area contributed by atoms with Crippen molar-refractivity contribution < 1.29 is 9.18 Å². The Morgan fingerprint density at radius 1 is 1.20 bits per heavy atom. The van der Waals surface area contributed by atoms with Crippen LogP contribution in [0.2, 0.25) is 0 Å². The molecule has 2 aromatic carbocycles. The number of carbonyl (C=O) groups excluding carboxylic acids is 1. The molecule has 2 N–H and O–H groups in total. The number of aromatic nitrogens is 3. The zero-order valence-electron chi connectivity index (χ0n) is 17.1. The van der Waals surface area contributed by atoms with Crippen LogP contribution in [0.25, 0.3) is 0 Å². The third-order valence-corrected chi connectivity index (χ3v) is 6.33. The van der Waals surface area contributed by atoms with Gasteiger partial charge in [0.25, 0.3) is 0 Å². The number of hydrogen-bond acceptors (Lipinski definition) is 5. The summed E-state index contributed by atoms with van der Waals surface area (Å²) >= 11 is 1.37. The first kappa shape index (κ1) is 20.4. The van der Waals surface area contributed by atoms with E-state index in [2.05, 4.69) is 27.9 Å². The van der Waals surface area contributed by atoms with Crippen molar-refractivity contribution in [3.05, 3.63) is 70.8 Å². The van der Waals surface area contributed by atoms with Crippen molar-refractivity contribution in [2.75, 3.05) is 10.7 Å². The second kappa shape index (κ2) is 8.47. The van der Waals surface area contributed by atoms with Gasteiger partial charge in [-0.15, -0.1) is 10.2 Å². The van der Waals surface area contributed by atoms with E-state index in [4.69, 9.17) is 0 Å². The average Bonchev–Trinajstić information content (AvgIpc) is 3.12. The lowest BCUT2D eigenvalue weighted by atomic mass is 10.0. The Labute approximate surface area is 179 Å². The normalized spacial score (nSPS) is 17.9. The van der Waals surface area contributed by atoms with Crippen LogP contribution in [0.4, 0.5) is 10.1 Å². The van der Waals surface area contributed by atoms with Gasteiger partial charge in [0.1, 0.15) is 11.1 Å². The van der Waals surface area contributed by atoms with Crippen LogP contribution in [0.15, 0.2) is 47.6 Å². The van der Waals surface area contributed by atoms with Gasteiger partial charge in [0.15, 0.2) is 5.82 Å². The highest BCUT2D eigenvalue weighted by Crippen LogP contribution is 2.38. The van der Waals surface area contributed by atoms with Gasteiger partial charge in [0, 0.05) is 12.1 Å². The van der Waals surface area contributed by atoms with Crippen molar-refractivity contribution in [3.8, 4) is 0 Å². The maximum absolute atomic E-state index is 13.5. The molecule has 0 fully saturated rings. The van der Waals surface area contributed by atoms with E-state index in [9.17, 15) is 9.18 Å². The zero-order valence-corrected chi connectivity index (χ0v) is 18.0. The minimum absolute atomic E-state index is 0.137. The van der Waals surface area contributed by atoms with Crippen LogP contribution in [0.1, 0.15) is 41.9 Å². The van der Waals surface area contributed by atoms with E-state index >= 15 is 0 Å². The van der Waals surface area contributed by atoms with Gasteiger partial charge < -0.3 is 10.7 Å². The van der Waals surface area contributed by atoms with E-state index < -0.39 is 5.25 Å². The lowest BCUT2D eigenvalue weighted by Gasteiger charge is -2.33. The summed E-state index contributed by atoms with van der Waals surface area (Å²) in [4.78, 5) is 13.3. The van der Waals surface area contributed by atoms with Crippen LogP contribution in [0.5, 0.6) is 0 Å². The number of nitrogens with zero attached hydrogens (tertiary/aromatic N) is 3. The molecule has 1 aliphatic rings. The second-order valence-corrected chi connectivity index (χ2v) is 8.60. The first-order chi connectivity index (χ1) is 14.5. The van der Waals surface area contributed by atoms with Crippen LogP contribution in [-0.2, 0) is 11.2 Å². The summed E-state index contributed by atoms with van der Waals surface area (Å²) in [6, 6.07) is 11.8. The Morgan fingerprint density at radius 3 is 2.70 bits per heavy atom. The van der Waals surface area contributed by atoms with E-state index in [-0.39, 0.29) is 17.8 Å². The fourth-order valence-corrected chi connectivity index (χ4v) is 4.58. The largest absolute Gasteiger partial charge is 0.325 e. The fraction of sp³-hybridized carbons (Fsp3) is 0.318. The number of hydrogen-bond donors (Lipinski definition) is 2. The van der Waals surface area contributed by atoms with Crippen molar-refractivity contribution in [3.63, 3.8) is 0 Å². The van der Waals surface area contributed by atoms with Crippen molar-refractivity contribution in [2.24, 2.45) is 0 Å². The molecule has 0 saturated carbocycles. The Balaban J connectivity index is 1.68. The molecular formula is C22H24FN5OS. The maximum Gasteiger partial charge on any atom is 0.240 e. The molecule has 4 rings (SSSR count). The maximum atomic E-state index is 13.5. The third kappa shape index (κ3) is 4.05. The van der Waals surface area contributed by atoms with Crippen molar-refractivity contribution >= 4 is 23.4 Å². The van der Waals surface area contributed by atoms with Gasteiger partial charge in [-0.1, -0.05) is 43.0 Å². The number of carbonyl (C=O) groups is 1. The van der Waals surface area contributed by atoms with E-state index in [0.717, 1.165) is 41.0 Å². The van der Waals surface area contributed by atoms with E-state index in [1.807, 2.05) is 36.7 Å². The van der Waals surface area contributed by atoms with Crippen molar-refractivity contribution in [2.45, 2.75) is 50.1 Å². The standard InChI is InChI=1S/C22H24FN5OS/c1-4-5-18-25-26-22-28(18)27-19(15-8-10-16(23)11-9-15)20(30-22)21(29)24-17-12-13(2)6-7-14(17)3/h6-12,19-20,27H,4-5H2,1-3H3,(H,24,29)/t19-,20+/m1/s1. The molecule has 1 amide bonds. The molecular weight excluding hydrogens is 401 g/mol.